The van der Waals surface area contributed by atoms with Gasteiger partial charge in [0.05, 0.1) is 55.9 Å². The predicted molar refractivity (Wildman–Crippen MR) is 231 cm³/mol. The van der Waals surface area contributed by atoms with Crippen molar-refractivity contribution in [2.45, 2.75) is 24.2 Å². The number of hydrogen-bond donors (Lipinski definition) is 2. The molecule has 4 aliphatic rings. The average Bonchev–Trinajstić information content (AvgIpc) is 3.66. The SMILES string of the molecule is COc1ccc(OC)c(C=Cc2ccc(N3C(=O)[C@H]4[C@H](CC=C5[C@H]4C[C@H]4C(=O)N(Nc6ccc(F)cc6)C(=O)[C@@]4(c4ccc(Cl)cc4)[C@H]5c4ccc(OC)c(O)c4)C3=O)cc2)c1. The number of phenolic OH excluding ortho intramolecular Hbond substituents is 1. The highest BCUT2D eigenvalue weighted by molar-refractivity contribution is 6.30. The number of anilines is 2. The van der Waals surface area contributed by atoms with Gasteiger partial charge in [-0.3, -0.25) is 29.5 Å². The lowest BCUT2D eigenvalue weighted by Crippen LogP contribution is -2.53. The van der Waals surface area contributed by atoms with E-state index in [0.717, 1.165) is 16.1 Å². The number of imide groups is 2. The number of aromatic hydroxyl groups is 1. The van der Waals surface area contributed by atoms with Crippen molar-refractivity contribution in [1.29, 1.82) is 0 Å². The van der Waals surface area contributed by atoms with Crippen molar-refractivity contribution >= 4 is 58.8 Å². The number of methoxy groups -OCH3 is 3. The molecule has 5 aromatic carbocycles. The van der Waals surface area contributed by atoms with Gasteiger partial charge in [-0.05, 0) is 114 Å². The zero-order chi connectivity index (χ0) is 43.4. The van der Waals surface area contributed by atoms with Crippen LogP contribution in [0.25, 0.3) is 12.2 Å². The first-order valence-corrected chi connectivity index (χ1v) is 20.5. The molecule has 0 unspecified atom stereocenters. The van der Waals surface area contributed by atoms with E-state index in [1.807, 2.05) is 48.6 Å². The van der Waals surface area contributed by atoms with Crippen molar-refractivity contribution in [3.05, 3.63) is 154 Å². The Morgan fingerprint density at radius 1 is 0.774 bits per heavy atom. The summed E-state index contributed by atoms with van der Waals surface area (Å²) < 4.78 is 30.2. The van der Waals surface area contributed by atoms with Crippen LogP contribution in [0.5, 0.6) is 23.0 Å². The van der Waals surface area contributed by atoms with Crippen molar-refractivity contribution in [2.24, 2.45) is 23.7 Å². The van der Waals surface area contributed by atoms with Crippen molar-refractivity contribution in [3.8, 4) is 23.0 Å². The molecule has 0 spiro atoms. The summed E-state index contributed by atoms with van der Waals surface area (Å²) in [6, 6.07) is 29.5. The normalized spacial score (nSPS) is 24.1. The van der Waals surface area contributed by atoms with Crippen LogP contribution < -0.4 is 24.5 Å². The molecule has 62 heavy (non-hydrogen) atoms. The number of allylic oxidation sites excluding steroid dienone is 2. The van der Waals surface area contributed by atoms with Gasteiger partial charge < -0.3 is 19.3 Å². The highest BCUT2D eigenvalue weighted by Gasteiger charge is 2.70. The van der Waals surface area contributed by atoms with Gasteiger partial charge in [0.2, 0.25) is 11.8 Å². The van der Waals surface area contributed by atoms with Gasteiger partial charge >= 0.3 is 0 Å². The number of fused-ring (bicyclic) bond motifs is 4. The van der Waals surface area contributed by atoms with Crippen molar-refractivity contribution in [2.75, 3.05) is 31.7 Å². The molecule has 2 aliphatic carbocycles. The van der Waals surface area contributed by atoms with E-state index in [1.165, 1.54) is 42.3 Å². The number of carbonyl (C=O) groups excluding carboxylic acids is 4. The average molecular weight is 854 g/mol. The number of carbonyl (C=O) groups is 4. The number of hydrazine groups is 1. The number of nitrogens with one attached hydrogen (secondary N) is 1. The fourth-order valence-corrected chi connectivity index (χ4v) is 10.2. The standard InChI is InChI=1S/C49H41ClFN3O8/c1-60-35-19-23-41(61-2)28(24-35)7-4-27-5-17-34(18-6-27)53-45(56)37-21-20-36-38(43(37)47(53)58)26-39-46(57)54(52-33-15-13-32(51)14-16-33)48(59)49(39,30-9-11-31(50)12-10-30)44(36)29-8-22-42(62-3)40(55)25-29/h4-20,22-25,37-39,43-44,52,55H,21,26H2,1-3H3/t37-,38+,39-,43-,44-,49+/m0/s1. The molecule has 2 saturated heterocycles. The van der Waals surface area contributed by atoms with Gasteiger partial charge in [-0.2, -0.15) is 5.01 Å². The minimum absolute atomic E-state index is 0.0603. The number of ether oxygens (including phenoxy) is 3. The van der Waals surface area contributed by atoms with Gasteiger partial charge in [-0.1, -0.05) is 65.7 Å². The van der Waals surface area contributed by atoms with E-state index >= 15 is 4.79 Å². The first kappa shape index (κ1) is 40.5. The van der Waals surface area contributed by atoms with E-state index in [2.05, 4.69) is 5.43 Å². The van der Waals surface area contributed by atoms with Crippen molar-refractivity contribution in [3.63, 3.8) is 0 Å². The summed E-state index contributed by atoms with van der Waals surface area (Å²) in [6.07, 6.45) is 5.99. The largest absolute Gasteiger partial charge is 0.504 e. The zero-order valence-corrected chi connectivity index (χ0v) is 34.6. The lowest BCUT2D eigenvalue weighted by molar-refractivity contribution is -0.138. The molecule has 0 bridgehead atoms. The predicted octanol–water partition coefficient (Wildman–Crippen LogP) is 8.57. The molecule has 2 heterocycles. The van der Waals surface area contributed by atoms with Gasteiger partial charge in [0.15, 0.2) is 11.5 Å². The van der Waals surface area contributed by atoms with Crippen LogP contribution in [0.3, 0.4) is 0 Å². The summed E-state index contributed by atoms with van der Waals surface area (Å²) in [5.41, 5.74) is 5.41. The maximum Gasteiger partial charge on any atom is 0.260 e. The Hall–Kier alpha value is -6.92. The highest BCUT2D eigenvalue weighted by Crippen LogP contribution is 2.64. The molecular formula is C49H41ClFN3O8. The molecule has 2 aliphatic heterocycles. The smallest absolute Gasteiger partial charge is 0.260 e. The van der Waals surface area contributed by atoms with Crippen LogP contribution in [0.1, 0.15) is 41.0 Å². The lowest BCUT2D eigenvalue weighted by Gasteiger charge is -2.50. The van der Waals surface area contributed by atoms with Crippen LogP contribution in [0.2, 0.25) is 5.02 Å². The van der Waals surface area contributed by atoms with Crippen LogP contribution in [-0.2, 0) is 24.6 Å². The maximum atomic E-state index is 15.4. The molecule has 0 radical (unpaired) electrons. The summed E-state index contributed by atoms with van der Waals surface area (Å²) in [5.74, 6) is -5.14. The zero-order valence-electron chi connectivity index (χ0n) is 33.9. The van der Waals surface area contributed by atoms with Crippen molar-refractivity contribution < 1.29 is 42.9 Å². The molecule has 314 valence electrons. The highest BCUT2D eigenvalue weighted by atomic mass is 35.5. The first-order valence-electron chi connectivity index (χ1n) is 20.1. The fraction of sp³-hybridized carbons (Fsp3) is 0.224. The van der Waals surface area contributed by atoms with E-state index < -0.39 is 58.5 Å². The number of halogens is 2. The molecule has 4 amide bonds. The van der Waals surface area contributed by atoms with Gasteiger partial charge in [-0.15, -0.1) is 0 Å². The van der Waals surface area contributed by atoms with Crippen LogP contribution in [0, 0.1) is 29.5 Å². The first-order chi connectivity index (χ1) is 30.0. The van der Waals surface area contributed by atoms with Gasteiger partial charge in [-0.25, -0.2) is 4.39 Å². The summed E-state index contributed by atoms with van der Waals surface area (Å²) in [5, 5.41) is 12.6. The van der Waals surface area contributed by atoms with Gasteiger partial charge in [0, 0.05) is 16.5 Å². The third-order valence-electron chi connectivity index (χ3n) is 12.8. The summed E-state index contributed by atoms with van der Waals surface area (Å²) in [7, 11) is 4.61. The molecule has 9 rings (SSSR count). The van der Waals surface area contributed by atoms with E-state index in [9.17, 15) is 23.9 Å². The van der Waals surface area contributed by atoms with E-state index in [1.54, 1.807) is 62.8 Å². The molecule has 6 atom stereocenters. The van der Waals surface area contributed by atoms with Crippen LogP contribution in [0.4, 0.5) is 15.8 Å². The number of amides is 4. The Bertz CT molecular complexity index is 2690. The third-order valence-corrected chi connectivity index (χ3v) is 13.1. The molecule has 2 N–H and O–H groups in total. The molecular weight excluding hydrogens is 813 g/mol. The van der Waals surface area contributed by atoms with Crippen LogP contribution in [0.15, 0.2) is 121 Å². The Morgan fingerprint density at radius 2 is 1.48 bits per heavy atom. The molecule has 13 heteroatoms. The monoisotopic (exact) mass is 853 g/mol. The summed E-state index contributed by atoms with van der Waals surface area (Å²) in [6.45, 7) is 0. The molecule has 0 aromatic heterocycles. The van der Waals surface area contributed by atoms with Gasteiger partial charge in [0.1, 0.15) is 17.3 Å². The van der Waals surface area contributed by atoms with E-state index in [-0.39, 0.29) is 30.2 Å². The Labute approximate surface area is 361 Å². The van der Waals surface area contributed by atoms with Gasteiger partial charge in [0.25, 0.3) is 11.8 Å². The molecule has 5 aromatic rings. The Morgan fingerprint density at radius 3 is 2.16 bits per heavy atom. The van der Waals surface area contributed by atoms with Crippen LogP contribution in [-0.4, -0.2) is 55.1 Å². The second-order valence-corrected chi connectivity index (χ2v) is 16.3. The molecule has 1 saturated carbocycles. The molecule has 11 nitrogen and oxygen atoms in total. The minimum Gasteiger partial charge on any atom is -0.504 e. The van der Waals surface area contributed by atoms with E-state index in [0.29, 0.717) is 44.6 Å². The Kier molecular flexibility index (Phi) is 10.3. The topological polar surface area (TPSA) is 135 Å². The number of rotatable bonds is 10. The second kappa shape index (κ2) is 15.8. The summed E-state index contributed by atoms with van der Waals surface area (Å²) in [4.78, 5) is 60.7. The van der Waals surface area contributed by atoms with E-state index in [4.69, 9.17) is 25.8 Å². The maximum absolute atomic E-state index is 15.4. The number of hydrogen-bond acceptors (Lipinski definition) is 9. The summed E-state index contributed by atoms with van der Waals surface area (Å²) >= 11 is 6.40. The number of nitrogens with zero attached hydrogens (tertiary/aromatic N) is 2. The van der Waals surface area contributed by atoms with Crippen LogP contribution >= 0.6 is 11.6 Å². The molecule has 3 fully saturated rings. The number of benzene rings is 5. The van der Waals surface area contributed by atoms with Crippen molar-refractivity contribution in [1.82, 2.24) is 5.01 Å². The minimum atomic E-state index is -1.60. The Balaban J connectivity index is 1.12. The fourth-order valence-electron chi connectivity index (χ4n) is 10.1. The quantitative estimate of drug-likeness (QED) is 0.0805. The lowest BCUT2D eigenvalue weighted by atomic mass is 9.49. The third kappa shape index (κ3) is 6.48. The number of phenols is 1. The second-order valence-electron chi connectivity index (χ2n) is 15.8.